The molecule has 6 nitrogen and oxygen atoms in total. The largest absolute Gasteiger partial charge is 0.445 e. The topological polar surface area (TPSA) is 65.4 Å². The molecule has 0 aliphatic carbocycles. The van der Waals surface area contributed by atoms with E-state index in [9.17, 15) is 4.79 Å². The Morgan fingerprint density at radius 3 is 2.27 bits per heavy atom. The molecule has 0 radical (unpaired) electrons. The van der Waals surface area contributed by atoms with E-state index >= 15 is 0 Å². The van der Waals surface area contributed by atoms with Gasteiger partial charge >= 0.3 is 6.09 Å². The van der Waals surface area contributed by atoms with Crippen molar-refractivity contribution in [1.29, 1.82) is 0 Å². The lowest BCUT2D eigenvalue weighted by Crippen LogP contribution is -2.23. The second-order valence-electron chi connectivity index (χ2n) is 5.51. The second-order valence-corrected chi connectivity index (χ2v) is 5.87. The molecule has 134 valence electrons. The molecule has 0 atom stereocenters. The van der Waals surface area contributed by atoms with Crippen LogP contribution in [0.4, 0.5) is 4.79 Å². The number of carbonyl (C=O) groups is 1. The van der Waals surface area contributed by atoms with Crippen LogP contribution < -0.4 is 10.2 Å². The quantitative estimate of drug-likeness (QED) is 0.689. The fourth-order valence-corrected chi connectivity index (χ4v) is 2.42. The average Bonchev–Trinajstić information content (AvgIpc) is 3.04. The Balaban J connectivity index is 1.46. The van der Waals surface area contributed by atoms with E-state index in [0.717, 1.165) is 11.1 Å². The summed E-state index contributed by atoms with van der Waals surface area (Å²) >= 11 is 6.23. The van der Waals surface area contributed by atoms with Crippen molar-refractivity contribution in [2.75, 3.05) is 0 Å². The van der Waals surface area contributed by atoms with Crippen molar-refractivity contribution in [3.63, 3.8) is 0 Å². The third-order valence-corrected chi connectivity index (χ3v) is 3.97. The predicted molar refractivity (Wildman–Crippen MR) is 97.4 cm³/mol. The van der Waals surface area contributed by atoms with Crippen LogP contribution in [0.15, 0.2) is 66.9 Å². The number of nitrogens with zero attached hydrogens (tertiary/aromatic N) is 2. The number of benzene rings is 2. The third kappa shape index (κ3) is 5.00. The monoisotopic (exact) mass is 371 g/mol. The van der Waals surface area contributed by atoms with Crippen molar-refractivity contribution in [3.8, 4) is 0 Å². The second kappa shape index (κ2) is 8.92. The fraction of sp³-hybridized carbons (Fsp3) is 0.158. The smallest absolute Gasteiger partial charge is 0.407 e. The maximum absolute atomic E-state index is 11.8. The van der Waals surface area contributed by atoms with Crippen LogP contribution in [0.1, 0.15) is 16.7 Å². The van der Waals surface area contributed by atoms with Gasteiger partial charge in [-0.2, -0.15) is 0 Å². The summed E-state index contributed by atoms with van der Waals surface area (Å²) in [5, 5.41) is 7.02. The third-order valence-electron chi connectivity index (χ3n) is 3.58. The summed E-state index contributed by atoms with van der Waals surface area (Å²) in [4.78, 5) is 18.6. The Morgan fingerprint density at radius 2 is 1.62 bits per heavy atom. The van der Waals surface area contributed by atoms with E-state index < -0.39 is 6.09 Å². The molecular weight excluding hydrogens is 354 g/mol. The van der Waals surface area contributed by atoms with E-state index in [0.29, 0.717) is 17.3 Å². The number of rotatable bonds is 7. The predicted octanol–water partition coefficient (Wildman–Crippen LogP) is 3.59. The lowest BCUT2D eigenvalue weighted by Gasteiger charge is -2.08. The minimum atomic E-state index is -0.525. The molecular formula is C19H18ClN3O3. The molecule has 1 heterocycles. The van der Waals surface area contributed by atoms with Gasteiger partial charge in [-0.25, -0.2) is 4.79 Å². The van der Waals surface area contributed by atoms with Crippen molar-refractivity contribution in [2.45, 2.75) is 19.8 Å². The zero-order valence-electron chi connectivity index (χ0n) is 14.0. The number of nitrogens with one attached hydrogen (secondary N) is 1. The summed E-state index contributed by atoms with van der Waals surface area (Å²) in [6, 6.07) is 19.1. The minimum absolute atomic E-state index is 0.196. The van der Waals surface area contributed by atoms with E-state index in [1.54, 1.807) is 6.20 Å². The van der Waals surface area contributed by atoms with Crippen LogP contribution in [0.3, 0.4) is 0 Å². The van der Waals surface area contributed by atoms with Crippen LogP contribution in [-0.4, -0.2) is 16.0 Å². The van der Waals surface area contributed by atoms with Gasteiger partial charge in [0.2, 0.25) is 0 Å². The van der Waals surface area contributed by atoms with Crippen LogP contribution in [0.25, 0.3) is 0 Å². The lowest BCUT2D eigenvalue weighted by molar-refractivity contribution is 0.0705. The molecule has 0 aliphatic heterocycles. The molecule has 0 bridgehead atoms. The standard InChI is InChI=1S/C19H18ClN3O3/c20-18-17(11-21-19(24)25-13-15-7-3-1-4-8-15)12-22-23(18)26-14-16-9-5-2-6-10-16/h1-10,12H,11,13-14H2,(H,21,24). The summed E-state index contributed by atoms with van der Waals surface area (Å²) in [5.41, 5.74) is 2.56. The van der Waals surface area contributed by atoms with Crippen LogP contribution in [-0.2, 0) is 24.5 Å². The van der Waals surface area contributed by atoms with Crippen LogP contribution >= 0.6 is 11.6 Å². The highest BCUT2D eigenvalue weighted by molar-refractivity contribution is 6.30. The van der Waals surface area contributed by atoms with Crippen molar-refractivity contribution in [3.05, 3.63) is 88.7 Å². The van der Waals surface area contributed by atoms with Gasteiger partial charge in [-0.3, -0.25) is 0 Å². The Kier molecular flexibility index (Phi) is 6.11. The van der Waals surface area contributed by atoms with E-state index in [1.165, 1.54) is 4.85 Å². The molecule has 3 rings (SSSR count). The Bertz CT molecular complexity index is 838. The molecule has 0 unspecified atom stereocenters. The first-order valence-electron chi connectivity index (χ1n) is 8.06. The number of hydrogen-bond acceptors (Lipinski definition) is 4. The summed E-state index contributed by atoms with van der Waals surface area (Å²) in [5.74, 6) is 0. The van der Waals surface area contributed by atoms with Crippen LogP contribution in [0, 0.1) is 0 Å². The molecule has 1 amide bonds. The van der Waals surface area contributed by atoms with Crippen molar-refractivity contribution in [2.24, 2.45) is 0 Å². The van der Waals surface area contributed by atoms with Crippen molar-refractivity contribution < 1.29 is 14.4 Å². The summed E-state index contributed by atoms with van der Waals surface area (Å²) in [7, 11) is 0. The van der Waals surface area contributed by atoms with Gasteiger partial charge < -0.3 is 14.9 Å². The number of alkyl carbamates (subject to hydrolysis) is 1. The molecule has 0 aliphatic rings. The molecule has 0 fully saturated rings. The normalized spacial score (nSPS) is 10.3. The van der Waals surface area contributed by atoms with Crippen LogP contribution in [0.5, 0.6) is 0 Å². The van der Waals surface area contributed by atoms with E-state index in [2.05, 4.69) is 10.4 Å². The number of amides is 1. The van der Waals surface area contributed by atoms with Gasteiger partial charge in [-0.15, -0.1) is 5.10 Å². The molecule has 1 aromatic heterocycles. The number of ether oxygens (including phenoxy) is 1. The van der Waals surface area contributed by atoms with Gasteiger partial charge in [0.15, 0.2) is 5.15 Å². The van der Waals surface area contributed by atoms with E-state index in [1.807, 2.05) is 60.7 Å². The van der Waals surface area contributed by atoms with Crippen molar-refractivity contribution in [1.82, 2.24) is 15.3 Å². The first-order chi connectivity index (χ1) is 12.7. The number of carbonyl (C=O) groups excluding carboxylic acids is 1. The average molecular weight is 372 g/mol. The van der Waals surface area contributed by atoms with E-state index in [-0.39, 0.29) is 13.2 Å². The highest BCUT2D eigenvalue weighted by Crippen LogP contribution is 2.14. The SMILES string of the molecule is O=C(NCc1cnn(OCc2ccccc2)c1Cl)OCc1ccccc1. The van der Waals surface area contributed by atoms with Gasteiger partial charge in [0.1, 0.15) is 13.2 Å². The highest BCUT2D eigenvalue weighted by Gasteiger charge is 2.11. The number of hydrogen-bond donors (Lipinski definition) is 1. The van der Waals surface area contributed by atoms with Gasteiger partial charge in [0, 0.05) is 5.56 Å². The number of halogens is 1. The van der Waals surface area contributed by atoms with Gasteiger partial charge in [-0.1, -0.05) is 77.1 Å². The molecule has 0 saturated carbocycles. The molecule has 3 aromatic rings. The lowest BCUT2D eigenvalue weighted by atomic mass is 10.2. The van der Waals surface area contributed by atoms with Crippen molar-refractivity contribution >= 4 is 17.7 Å². The Labute approximate surface area is 156 Å². The highest BCUT2D eigenvalue weighted by atomic mass is 35.5. The number of aromatic nitrogens is 2. The van der Waals surface area contributed by atoms with Gasteiger partial charge in [0.25, 0.3) is 0 Å². The summed E-state index contributed by atoms with van der Waals surface area (Å²) in [6.45, 7) is 0.745. The zero-order valence-corrected chi connectivity index (χ0v) is 14.7. The molecule has 0 spiro atoms. The first kappa shape index (κ1) is 17.8. The molecule has 0 saturated heterocycles. The zero-order chi connectivity index (χ0) is 18.2. The Hall–Kier alpha value is -2.99. The Morgan fingerprint density at radius 1 is 1.00 bits per heavy atom. The molecule has 7 heteroatoms. The van der Waals surface area contributed by atoms with Gasteiger partial charge in [0.05, 0.1) is 12.7 Å². The van der Waals surface area contributed by atoms with Crippen LogP contribution in [0.2, 0.25) is 5.15 Å². The fourth-order valence-electron chi connectivity index (χ4n) is 2.21. The maximum atomic E-state index is 11.8. The summed E-state index contributed by atoms with van der Waals surface area (Å²) < 4.78 is 5.15. The van der Waals surface area contributed by atoms with Gasteiger partial charge in [-0.05, 0) is 11.1 Å². The molecule has 26 heavy (non-hydrogen) atoms. The summed E-state index contributed by atoms with van der Waals surface area (Å²) in [6.07, 6.45) is 1.02. The minimum Gasteiger partial charge on any atom is -0.445 e. The maximum Gasteiger partial charge on any atom is 0.407 e. The molecule has 2 aromatic carbocycles. The molecule has 1 N–H and O–H groups in total. The van der Waals surface area contributed by atoms with E-state index in [4.69, 9.17) is 21.2 Å². The first-order valence-corrected chi connectivity index (χ1v) is 8.44.